The lowest BCUT2D eigenvalue weighted by Gasteiger charge is -2.30. The summed E-state index contributed by atoms with van der Waals surface area (Å²) in [6, 6.07) is 5.61. The number of amides is 1. The third-order valence-electron chi connectivity index (χ3n) is 4.98. The van der Waals surface area contributed by atoms with E-state index in [1.54, 1.807) is 13.2 Å². The van der Waals surface area contributed by atoms with Crippen LogP contribution in [-0.2, 0) is 11.2 Å². The average molecular weight is 381 g/mol. The van der Waals surface area contributed by atoms with Crippen molar-refractivity contribution < 1.29 is 13.9 Å². The largest absolute Gasteiger partial charge is 0.497 e. The molecule has 1 fully saturated rings. The molecular formula is C19H25ClN2O4. The van der Waals surface area contributed by atoms with Crippen LogP contribution in [0, 0.1) is 6.92 Å². The molecule has 0 spiro atoms. The Hall–Kier alpha value is -2.05. The number of nitrogens with zero attached hydrogens (tertiary/aromatic N) is 1. The standard InChI is InChI=1S/C19H24N2O4.ClH/c1-12-15-4-3-14(24-2)11-17(15)25-19(23)16(12)5-6-18(22)21-9-7-13(20)8-10-21;/h3-4,11,13H,5-10,20H2,1-2H3;1H. The molecule has 1 aliphatic heterocycles. The van der Waals surface area contributed by atoms with Crippen molar-refractivity contribution in [3.05, 3.63) is 39.7 Å². The van der Waals surface area contributed by atoms with Crippen LogP contribution >= 0.6 is 12.4 Å². The van der Waals surface area contributed by atoms with E-state index in [-0.39, 0.29) is 30.0 Å². The molecule has 0 atom stereocenters. The van der Waals surface area contributed by atoms with Crippen LogP contribution < -0.4 is 16.1 Å². The van der Waals surface area contributed by atoms with Crippen molar-refractivity contribution in [1.29, 1.82) is 0 Å². The molecule has 0 aliphatic carbocycles. The van der Waals surface area contributed by atoms with E-state index in [1.807, 2.05) is 24.0 Å². The van der Waals surface area contributed by atoms with Crippen LogP contribution in [0.15, 0.2) is 27.4 Å². The molecule has 1 amide bonds. The van der Waals surface area contributed by atoms with Crippen LogP contribution in [0.2, 0.25) is 0 Å². The Morgan fingerprint density at radius 3 is 2.69 bits per heavy atom. The third kappa shape index (κ3) is 4.19. The summed E-state index contributed by atoms with van der Waals surface area (Å²) in [6.07, 6.45) is 2.37. The van der Waals surface area contributed by atoms with E-state index in [1.165, 1.54) is 0 Å². The quantitative estimate of drug-likeness (QED) is 0.823. The molecule has 0 bridgehead atoms. The van der Waals surface area contributed by atoms with Crippen molar-refractivity contribution in [2.45, 2.75) is 38.6 Å². The van der Waals surface area contributed by atoms with Crippen LogP contribution in [0.25, 0.3) is 11.0 Å². The zero-order valence-corrected chi connectivity index (χ0v) is 15.9. The SMILES string of the molecule is COc1ccc2c(C)c(CCC(=O)N3CCC(N)CC3)c(=O)oc2c1.Cl. The normalized spacial score (nSPS) is 15.0. The lowest BCUT2D eigenvalue weighted by atomic mass is 10.0. The Labute approximate surface area is 158 Å². The number of hydrogen-bond donors (Lipinski definition) is 1. The predicted molar refractivity (Wildman–Crippen MR) is 103 cm³/mol. The number of benzene rings is 1. The zero-order chi connectivity index (χ0) is 18.0. The Bertz CT molecular complexity index is 841. The van der Waals surface area contributed by atoms with Crippen molar-refractivity contribution >= 4 is 29.3 Å². The van der Waals surface area contributed by atoms with E-state index < -0.39 is 0 Å². The topological polar surface area (TPSA) is 85.8 Å². The maximum Gasteiger partial charge on any atom is 0.339 e. The number of rotatable bonds is 4. The predicted octanol–water partition coefficient (Wildman–Crippen LogP) is 2.41. The van der Waals surface area contributed by atoms with Crippen molar-refractivity contribution in [2.75, 3.05) is 20.2 Å². The van der Waals surface area contributed by atoms with Gasteiger partial charge in [-0.05, 0) is 43.9 Å². The number of carbonyl (C=O) groups is 1. The monoisotopic (exact) mass is 380 g/mol. The van der Waals surface area contributed by atoms with Crippen molar-refractivity contribution in [1.82, 2.24) is 4.90 Å². The molecular weight excluding hydrogens is 356 g/mol. The summed E-state index contributed by atoms with van der Waals surface area (Å²) >= 11 is 0. The van der Waals surface area contributed by atoms with Crippen LogP contribution in [0.5, 0.6) is 5.75 Å². The van der Waals surface area contributed by atoms with Gasteiger partial charge in [0.25, 0.3) is 0 Å². The molecule has 2 aromatic rings. The van der Waals surface area contributed by atoms with E-state index in [4.69, 9.17) is 14.9 Å². The van der Waals surface area contributed by atoms with Gasteiger partial charge in [0.2, 0.25) is 5.91 Å². The van der Waals surface area contributed by atoms with Gasteiger partial charge in [0.1, 0.15) is 11.3 Å². The number of ether oxygens (including phenoxy) is 1. The summed E-state index contributed by atoms with van der Waals surface area (Å²) in [5.41, 5.74) is 7.43. The van der Waals surface area contributed by atoms with Crippen LogP contribution in [-0.4, -0.2) is 37.0 Å². The van der Waals surface area contributed by atoms with Crippen LogP contribution in [0.3, 0.4) is 0 Å². The van der Waals surface area contributed by atoms with Gasteiger partial charge in [0.15, 0.2) is 0 Å². The highest BCUT2D eigenvalue weighted by atomic mass is 35.5. The molecule has 7 heteroatoms. The fourth-order valence-corrected chi connectivity index (χ4v) is 3.33. The minimum absolute atomic E-state index is 0. The molecule has 26 heavy (non-hydrogen) atoms. The van der Waals surface area contributed by atoms with Gasteiger partial charge in [-0.1, -0.05) is 0 Å². The average Bonchev–Trinajstić information content (AvgIpc) is 2.61. The first-order valence-corrected chi connectivity index (χ1v) is 8.63. The van der Waals surface area contributed by atoms with Gasteiger partial charge in [0, 0.05) is 42.6 Å². The van der Waals surface area contributed by atoms with E-state index in [2.05, 4.69) is 0 Å². The van der Waals surface area contributed by atoms with Crippen LogP contribution in [0.1, 0.15) is 30.4 Å². The zero-order valence-electron chi connectivity index (χ0n) is 15.1. The maximum atomic E-state index is 12.4. The summed E-state index contributed by atoms with van der Waals surface area (Å²) in [4.78, 5) is 26.6. The number of hydrogen-bond acceptors (Lipinski definition) is 5. The molecule has 1 saturated heterocycles. The van der Waals surface area contributed by atoms with Gasteiger partial charge in [-0.2, -0.15) is 0 Å². The number of halogens is 1. The van der Waals surface area contributed by atoms with E-state index in [0.717, 1.165) is 23.8 Å². The Kier molecular flexibility index (Phi) is 6.67. The highest BCUT2D eigenvalue weighted by Gasteiger charge is 2.21. The molecule has 0 radical (unpaired) electrons. The lowest BCUT2D eigenvalue weighted by molar-refractivity contribution is -0.132. The molecule has 3 rings (SSSR count). The maximum absolute atomic E-state index is 12.4. The summed E-state index contributed by atoms with van der Waals surface area (Å²) in [5, 5.41) is 0.867. The smallest absolute Gasteiger partial charge is 0.339 e. The number of carbonyl (C=O) groups excluding carboxylic acids is 1. The second kappa shape index (κ2) is 8.56. The minimum atomic E-state index is -0.383. The summed E-state index contributed by atoms with van der Waals surface area (Å²) in [5.74, 6) is 0.710. The molecule has 142 valence electrons. The molecule has 0 unspecified atom stereocenters. The van der Waals surface area contributed by atoms with Crippen molar-refractivity contribution in [3.8, 4) is 5.75 Å². The first-order chi connectivity index (χ1) is 12.0. The number of aryl methyl sites for hydroxylation is 1. The first kappa shape index (κ1) is 20.3. The highest BCUT2D eigenvalue weighted by Crippen LogP contribution is 2.24. The first-order valence-electron chi connectivity index (χ1n) is 8.63. The minimum Gasteiger partial charge on any atom is -0.497 e. The molecule has 1 aliphatic rings. The van der Waals surface area contributed by atoms with Gasteiger partial charge in [-0.3, -0.25) is 4.79 Å². The number of piperidine rings is 1. The molecule has 2 heterocycles. The molecule has 1 aromatic heterocycles. The van der Waals surface area contributed by atoms with Crippen molar-refractivity contribution in [2.24, 2.45) is 5.73 Å². The second-order valence-corrected chi connectivity index (χ2v) is 6.57. The van der Waals surface area contributed by atoms with Crippen molar-refractivity contribution in [3.63, 3.8) is 0 Å². The van der Waals surface area contributed by atoms with E-state index in [9.17, 15) is 9.59 Å². The lowest BCUT2D eigenvalue weighted by Crippen LogP contribution is -2.43. The van der Waals surface area contributed by atoms with Crippen LogP contribution in [0.4, 0.5) is 0 Å². The Balaban J connectivity index is 0.00000243. The second-order valence-electron chi connectivity index (χ2n) is 6.57. The Morgan fingerprint density at radius 1 is 1.35 bits per heavy atom. The van der Waals surface area contributed by atoms with Gasteiger partial charge in [-0.15, -0.1) is 12.4 Å². The highest BCUT2D eigenvalue weighted by molar-refractivity contribution is 5.85. The molecule has 1 aromatic carbocycles. The number of likely N-dealkylation sites (tertiary alicyclic amines) is 1. The summed E-state index contributed by atoms with van der Waals surface area (Å²) in [7, 11) is 1.57. The molecule has 2 N–H and O–H groups in total. The fraction of sp³-hybridized carbons (Fsp3) is 0.474. The number of methoxy groups -OCH3 is 1. The van der Waals surface area contributed by atoms with Gasteiger partial charge >= 0.3 is 5.63 Å². The van der Waals surface area contributed by atoms with E-state index >= 15 is 0 Å². The molecule has 6 nitrogen and oxygen atoms in total. The summed E-state index contributed by atoms with van der Waals surface area (Å²) in [6.45, 7) is 3.29. The van der Waals surface area contributed by atoms with Gasteiger partial charge in [0.05, 0.1) is 7.11 Å². The number of nitrogens with two attached hydrogens (primary N) is 1. The van der Waals surface area contributed by atoms with Gasteiger partial charge in [-0.25, -0.2) is 4.79 Å². The fourth-order valence-electron chi connectivity index (χ4n) is 3.33. The summed E-state index contributed by atoms with van der Waals surface area (Å²) < 4.78 is 10.6. The Morgan fingerprint density at radius 2 is 2.04 bits per heavy atom. The van der Waals surface area contributed by atoms with Gasteiger partial charge < -0.3 is 19.8 Å². The van der Waals surface area contributed by atoms with E-state index in [0.29, 0.717) is 42.8 Å². The molecule has 0 saturated carbocycles. The number of fused-ring (bicyclic) bond motifs is 1. The third-order valence-corrected chi connectivity index (χ3v) is 4.98.